The minimum absolute atomic E-state index is 0. The van der Waals surface area contributed by atoms with Gasteiger partial charge in [-0.3, -0.25) is 0 Å². The van der Waals surface area contributed by atoms with Crippen LogP contribution in [0.1, 0.15) is 11.1 Å². The molecule has 0 saturated carbocycles. The average Bonchev–Trinajstić information content (AvgIpc) is 2.70. The summed E-state index contributed by atoms with van der Waals surface area (Å²) in [4.78, 5) is 0. The molecule has 0 bridgehead atoms. The van der Waals surface area contributed by atoms with Crippen molar-refractivity contribution in [1.82, 2.24) is 5.32 Å². The van der Waals surface area contributed by atoms with E-state index in [0.717, 1.165) is 12.1 Å². The zero-order chi connectivity index (χ0) is 10.8. The Morgan fingerprint density at radius 2 is 1.75 bits per heavy atom. The Morgan fingerprint density at radius 3 is 2.31 bits per heavy atom. The Morgan fingerprint density at radius 1 is 1.00 bits per heavy atom. The first kappa shape index (κ1) is 13.3. The molecule has 0 heterocycles. The minimum atomic E-state index is 0. The second kappa shape index (κ2) is 5.54. The van der Waals surface area contributed by atoms with E-state index in [1.165, 1.54) is 22.5 Å². The van der Waals surface area contributed by atoms with Crippen molar-refractivity contribution in [2.45, 2.75) is 6.42 Å². The zero-order valence-corrected chi connectivity index (χ0v) is 12.4. The van der Waals surface area contributed by atoms with Crippen molar-refractivity contribution in [1.29, 1.82) is 0 Å². The first-order valence-electron chi connectivity index (χ1n) is 5.19. The van der Waals surface area contributed by atoms with E-state index in [1.54, 1.807) is 0 Å². The minimum Gasteiger partial charge on any atom is -0.391 e. The molecule has 0 saturated heterocycles. The van der Waals surface area contributed by atoms with E-state index in [-0.39, 0.29) is 26.2 Å². The summed E-state index contributed by atoms with van der Waals surface area (Å²) in [7, 11) is 5.87. The van der Waals surface area contributed by atoms with Crippen molar-refractivity contribution in [2.24, 2.45) is 0 Å². The van der Waals surface area contributed by atoms with E-state index < -0.39 is 0 Å². The third-order valence-corrected chi connectivity index (χ3v) is 2.84. The number of fused-ring (bicyclic) bond motifs is 1. The van der Waals surface area contributed by atoms with E-state index in [4.69, 9.17) is 0 Å². The number of hydrogen-bond acceptors (Lipinski definition) is 3. The normalized spacial score (nSPS) is 12.3. The molecule has 2 rings (SSSR count). The van der Waals surface area contributed by atoms with E-state index in [0.29, 0.717) is 0 Å². The van der Waals surface area contributed by atoms with Gasteiger partial charge in [0.1, 0.15) is 0 Å². The Kier molecular flexibility index (Phi) is 4.60. The predicted molar refractivity (Wildman–Crippen MR) is 66.3 cm³/mol. The number of nitrogens with one attached hydrogen (secondary N) is 3. The largest absolute Gasteiger partial charge is 0.391 e. The van der Waals surface area contributed by atoms with Crippen LogP contribution < -0.4 is 16.0 Å². The molecule has 0 amide bonds. The standard InChI is InChI=1S/C12H17N3.Zr/c1-13-9-4-8-5-10(14-2)7-12(15-3)11(8)6-9;/h5-7,13-15H,4H2,1-3H3;. The summed E-state index contributed by atoms with van der Waals surface area (Å²) in [5.74, 6) is 0. The number of allylic oxidation sites excluding steroid dienone is 1. The van der Waals surface area contributed by atoms with E-state index in [2.05, 4.69) is 34.2 Å². The van der Waals surface area contributed by atoms with Crippen LogP contribution in [0.25, 0.3) is 6.08 Å². The van der Waals surface area contributed by atoms with Gasteiger partial charge in [0.25, 0.3) is 0 Å². The Balaban J connectivity index is 0.00000128. The third-order valence-electron chi connectivity index (χ3n) is 2.84. The maximum absolute atomic E-state index is 3.23. The van der Waals surface area contributed by atoms with E-state index in [1.807, 2.05) is 21.1 Å². The van der Waals surface area contributed by atoms with Crippen LogP contribution in [0.4, 0.5) is 11.4 Å². The molecule has 16 heavy (non-hydrogen) atoms. The smallest absolute Gasteiger partial charge is 0.0435 e. The quantitative estimate of drug-likeness (QED) is 0.797. The zero-order valence-electron chi connectivity index (χ0n) is 9.94. The van der Waals surface area contributed by atoms with Gasteiger partial charge in [0.2, 0.25) is 0 Å². The summed E-state index contributed by atoms with van der Waals surface area (Å²) < 4.78 is 0. The molecule has 0 radical (unpaired) electrons. The van der Waals surface area contributed by atoms with Crippen LogP contribution in [0.3, 0.4) is 0 Å². The fourth-order valence-corrected chi connectivity index (χ4v) is 1.97. The second-order valence-electron chi connectivity index (χ2n) is 3.69. The molecule has 3 N–H and O–H groups in total. The summed E-state index contributed by atoms with van der Waals surface area (Å²) in [5, 5.41) is 9.63. The van der Waals surface area contributed by atoms with Crippen LogP contribution >= 0.6 is 0 Å². The third kappa shape index (κ3) is 2.32. The fourth-order valence-electron chi connectivity index (χ4n) is 1.97. The molecule has 1 aromatic carbocycles. The van der Waals surface area contributed by atoms with Gasteiger partial charge in [0.15, 0.2) is 0 Å². The van der Waals surface area contributed by atoms with Crippen LogP contribution in [0.5, 0.6) is 0 Å². The Labute approximate surface area is 116 Å². The molecule has 0 atom stereocenters. The van der Waals surface area contributed by atoms with Gasteiger partial charge in [-0.25, -0.2) is 0 Å². The predicted octanol–water partition coefficient (Wildman–Crippen LogP) is 1.88. The van der Waals surface area contributed by atoms with E-state index >= 15 is 0 Å². The van der Waals surface area contributed by atoms with Gasteiger partial charge in [0, 0.05) is 76.4 Å². The monoisotopic (exact) mass is 293 g/mol. The summed E-state index contributed by atoms with van der Waals surface area (Å²) in [6, 6.07) is 4.34. The van der Waals surface area contributed by atoms with Crippen molar-refractivity contribution in [3.63, 3.8) is 0 Å². The second-order valence-corrected chi connectivity index (χ2v) is 3.69. The molecular formula is C12H17N3Zr. The van der Waals surface area contributed by atoms with Crippen LogP contribution in [0, 0.1) is 0 Å². The molecule has 0 unspecified atom stereocenters. The molecule has 0 fully saturated rings. The molecule has 3 nitrogen and oxygen atoms in total. The SMILES string of the molecule is CNC1=Cc2c(cc(NC)cc2NC)C1.[Zr]. The molecular weight excluding hydrogens is 277 g/mol. The van der Waals surface area contributed by atoms with Gasteiger partial charge in [-0.2, -0.15) is 0 Å². The van der Waals surface area contributed by atoms with Crippen LogP contribution in [-0.2, 0) is 32.6 Å². The number of hydrogen-bond donors (Lipinski definition) is 3. The van der Waals surface area contributed by atoms with Crippen molar-refractivity contribution in [3.8, 4) is 0 Å². The molecule has 1 aromatic rings. The van der Waals surface area contributed by atoms with Crippen LogP contribution in [0.2, 0.25) is 0 Å². The fraction of sp³-hybridized carbons (Fsp3) is 0.333. The number of benzene rings is 1. The van der Waals surface area contributed by atoms with E-state index in [9.17, 15) is 0 Å². The van der Waals surface area contributed by atoms with Gasteiger partial charge >= 0.3 is 0 Å². The first-order chi connectivity index (χ1) is 7.28. The number of rotatable bonds is 3. The summed E-state index contributed by atoms with van der Waals surface area (Å²) >= 11 is 0. The van der Waals surface area contributed by atoms with Gasteiger partial charge in [-0.05, 0) is 23.8 Å². The molecule has 1 aliphatic carbocycles. The molecule has 0 aliphatic heterocycles. The maximum Gasteiger partial charge on any atom is 0.0435 e. The molecule has 0 spiro atoms. The Hall–Kier alpha value is -0.757. The molecule has 1 aliphatic rings. The van der Waals surface area contributed by atoms with Crippen molar-refractivity contribution >= 4 is 17.5 Å². The van der Waals surface area contributed by atoms with Gasteiger partial charge in [0.05, 0.1) is 0 Å². The van der Waals surface area contributed by atoms with Crippen LogP contribution in [-0.4, -0.2) is 21.1 Å². The summed E-state index contributed by atoms with van der Waals surface area (Å²) in [6.07, 6.45) is 3.20. The van der Waals surface area contributed by atoms with Crippen molar-refractivity contribution in [2.75, 3.05) is 31.8 Å². The van der Waals surface area contributed by atoms with Gasteiger partial charge in [-0.15, -0.1) is 0 Å². The van der Waals surface area contributed by atoms with Crippen LogP contribution in [0.15, 0.2) is 17.8 Å². The number of anilines is 2. The summed E-state index contributed by atoms with van der Waals surface area (Å²) in [6.45, 7) is 0. The molecule has 84 valence electrons. The Bertz CT molecular complexity index is 413. The average molecular weight is 295 g/mol. The maximum atomic E-state index is 3.23. The molecule has 4 heteroatoms. The van der Waals surface area contributed by atoms with Gasteiger partial charge in [-0.1, -0.05) is 0 Å². The van der Waals surface area contributed by atoms with Gasteiger partial charge < -0.3 is 16.0 Å². The number of likely N-dealkylation sites (N-methyl/N-ethyl adjacent to an activating group) is 1. The topological polar surface area (TPSA) is 36.1 Å². The van der Waals surface area contributed by atoms with Crippen molar-refractivity contribution < 1.29 is 26.2 Å². The molecule has 0 aromatic heterocycles. The first-order valence-corrected chi connectivity index (χ1v) is 5.19. The summed E-state index contributed by atoms with van der Waals surface area (Å²) in [5.41, 5.74) is 6.29. The van der Waals surface area contributed by atoms with Crippen molar-refractivity contribution in [3.05, 3.63) is 29.0 Å².